The molecule has 1 rings (SSSR count). The Labute approximate surface area is 108 Å². The predicted octanol–water partition coefficient (Wildman–Crippen LogP) is 1.73. The normalized spacial score (nSPS) is 12.7. The van der Waals surface area contributed by atoms with Gasteiger partial charge in [0, 0.05) is 12.2 Å². The zero-order valence-electron chi connectivity index (χ0n) is 10.5. The highest BCUT2D eigenvalue weighted by Crippen LogP contribution is 2.22. The van der Waals surface area contributed by atoms with Gasteiger partial charge in [0.25, 0.3) is 10.0 Å². The first-order valence-corrected chi connectivity index (χ1v) is 7.20. The lowest BCUT2D eigenvalue weighted by Crippen LogP contribution is -2.37. The Balaban J connectivity index is 3.19. The summed E-state index contributed by atoms with van der Waals surface area (Å²) in [6.07, 6.45) is 0.668. The Hall–Kier alpha value is -1.74. The molecule has 98 valence electrons. The standard InChI is InChI=1S/C12H17N3O2S/c1-3-8-15(18(16,17)10(2)9-13)12-6-4-11(14)5-7-12/h4-7,10H,3,8,14H2,1-2H3. The van der Waals surface area contributed by atoms with Crippen LogP contribution in [0.5, 0.6) is 0 Å². The van der Waals surface area contributed by atoms with Crippen molar-refractivity contribution in [2.75, 3.05) is 16.6 Å². The van der Waals surface area contributed by atoms with E-state index in [-0.39, 0.29) is 0 Å². The Morgan fingerprint density at radius 3 is 2.39 bits per heavy atom. The Bertz CT molecular complexity index is 531. The summed E-state index contributed by atoms with van der Waals surface area (Å²) in [6.45, 7) is 3.62. The molecule has 0 radical (unpaired) electrons. The molecule has 1 atom stereocenters. The molecule has 0 aliphatic rings. The second-order valence-electron chi connectivity index (χ2n) is 3.98. The molecule has 0 fully saturated rings. The van der Waals surface area contributed by atoms with Crippen molar-refractivity contribution in [3.8, 4) is 6.07 Å². The highest BCUT2D eigenvalue weighted by Gasteiger charge is 2.28. The van der Waals surface area contributed by atoms with E-state index in [9.17, 15) is 8.42 Å². The van der Waals surface area contributed by atoms with Crippen molar-refractivity contribution in [1.29, 1.82) is 5.26 Å². The molecular formula is C12H17N3O2S. The average Bonchev–Trinajstić information content (AvgIpc) is 2.36. The van der Waals surface area contributed by atoms with Gasteiger partial charge in [0.2, 0.25) is 0 Å². The van der Waals surface area contributed by atoms with E-state index >= 15 is 0 Å². The Morgan fingerprint density at radius 2 is 1.94 bits per heavy atom. The largest absolute Gasteiger partial charge is 0.399 e. The lowest BCUT2D eigenvalue weighted by atomic mass is 10.3. The lowest BCUT2D eigenvalue weighted by Gasteiger charge is -2.25. The van der Waals surface area contributed by atoms with Crippen LogP contribution in [0.4, 0.5) is 11.4 Å². The second-order valence-corrected chi connectivity index (χ2v) is 6.16. The summed E-state index contributed by atoms with van der Waals surface area (Å²) in [6, 6.07) is 8.35. The number of nitriles is 1. The number of hydrogen-bond acceptors (Lipinski definition) is 4. The number of hydrogen-bond donors (Lipinski definition) is 1. The van der Waals surface area contributed by atoms with Gasteiger partial charge in [0.1, 0.15) is 0 Å². The van der Waals surface area contributed by atoms with Gasteiger partial charge in [-0.15, -0.1) is 0 Å². The molecule has 6 heteroatoms. The third-order valence-electron chi connectivity index (χ3n) is 2.54. The summed E-state index contributed by atoms with van der Waals surface area (Å²) in [5, 5.41) is 7.73. The van der Waals surface area contributed by atoms with Crippen molar-refractivity contribution in [3.63, 3.8) is 0 Å². The van der Waals surface area contributed by atoms with Gasteiger partial charge in [0.05, 0.1) is 11.8 Å². The maximum Gasteiger partial charge on any atom is 0.251 e. The zero-order valence-corrected chi connectivity index (χ0v) is 11.3. The van der Waals surface area contributed by atoms with Crippen LogP contribution in [0.25, 0.3) is 0 Å². The molecule has 0 aliphatic heterocycles. The van der Waals surface area contributed by atoms with Crippen LogP contribution in [0, 0.1) is 11.3 Å². The van der Waals surface area contributed by atoms with Gasteiger partial charge in [-0.1, -0.05) is 6.92 Å². The van der Waals surface area contributed by atoms with Crippen LogP contribution in [-0.4, -0.2) is 20.2 Å². The van der Waals surface area contributed by atoms with Gasteiger partial charge in [0.15, 0.2) is 5.25 Å². The lowest BCUT2D eigenvalue weighted by molar-refractivity contribution is 0.586. The van der Waals surface area contributed by atoms with Gasteiger partial charge in [-0.25, -0.2) is 8.42 Å². The van der Waals surface area contributed by atoms with Crippen molar-refractivity contribution in [3.05, 3.63) is 24.3 Å². The summed E-state index contributed by atoms with van der Waals surface area (Å²) < 4.78 is 25.7. The van der Waals surface area contributed by atoms with E-state index in [0.717, 1.165) is 0 Å². The molecule has 0 saturated carbocycles. The topological polar surface area (TPSA) is 87.2 Å². The van der Waals surface area contributed by atoms with Crippen molar-refractivity contribution >= 4 is 21.4 Å². The number of nitrogens with two attached hydrogens (primary N) is 1. The maximum atomic E-state index is 12.2. The second kappa shape index (κ2) is 5.74. The minimum absolute atomic E-state index is 0.346. The minimum Gasteiger partial charge on any atom is -0.399 e. The fourth-order valence-corrected chi connectivity index (χ4v) is 2.87. The van der Waals surface area contributed by atoms with Gasteiger partial charge in [-0.2, -0.15) is 5.26 Å². The summed E-state index contributed by atoms with van der Waals surface area (Å²) in [5.41, 5.74) is 6.68. The van der Waals surface area contributed by atoms with Gasteiger partial charge in [-0.3, -0.25) is 4.31 Å². The first kappa shape index (κ1) is 14.3. The molecule has 0 aromatic heterocycles. The molecule has 1 unspecified atom stereocenters. The smallest absolute Gasteiger partial charge is 0.251 e. The van der Waals surface area contributed by atoms with Crippen LogP contribution < -0.4 is 10.0 Å². The molecule has 1 aromatic carbocycles. The third kappa shape index (κ3) is 2.93. The van der Waals surface area contributed by atoms with Crippen molar-refractivity contribution in [1.82, 2.24) is 0 Å². The Kier molecular flexibility index (Phi) is 4.56. The van der Waals surface area contributed by atoms with Gasteiger partial charge < -0.3 is 5.73 Å². The van der Waals surface area contributed by atoms with Crippen LogP contribution >= 0.6 is 0 Å². The van der Waals surface area contributed by atoms with Crippen LogP contribution in [0.1, 0.15) is 20.3 Å². The molecule has 0 saturated heterocycles. The van der Waals surface area contributed by atoms with E-state index in [2.05, 4.69) is 0 Å². The van der Waals surface area contributed by atoms with Gasteiger partial charge in [-0.05, 0) is 37.6 Å². The summed E-state index contributed by atoms with van der Waals surface area (Å²) >= 11 is 0. The molecule has 18 heavy (non-hydrogen) atoms. The summed E-state index contributed by atoms with van der Waals surface area (Å²) in [5.74, 6) is 0. The number of rotatable bonds is 5. The van der Waals surface area contributed by atoms with Crippen molar-refractivity contribution in [2.24, 2.45) is 0 Å². The van der Waals surface area contributed by atoms with E-state index in [1.807, 2.05) is 6.92 Å². The molecular weight excluding hydrogens is 250 g/mol. The maximum absolute atomic E-state index is 12.2. The highest BCUT2D eigenvalue weighted by atomic mass is 32.2. The van der Waals surface area contributed by atoms with E-state index in [1.54, 1.807) is 30.3 Å². The highest BCUT2D eigenvalue weighted by molar-refractivity contribution is 7.93. The van der Waals surface area contributed by atoms with Crippen LogP contribution in [0.3, 0.4) is 0 Å². The van der Waals surface area contributed by atoms with E-state index in [0.29, 0.717) is 24.3 Å². The number of nitrogens with zero attached hydrogens (tertiary/aromatic N) is 2. The van der Waals surface area contributed by atoms with Crippen LogP contribution in [0.15, 0.2) is 24.3 Å². The quantitative estimate of drug-likeness (QED) is 0.823. The Morgan fingerprint density at radius 1 is 1.39 bits per heavy atom. The molecule has 0 bridgehead atoms. The molecule has 2 N–H and O–H groups in total. The molecule has 0 heterocycles. The molecule has 0 spiro atoms. The fraction of sp³-hybridized carbons (Fsp3) is 0.417. The van der Waals surface area contributed by atoms with E-state index in [4.69, 9.17) is 11.0 Å². The molecule has 0 amide bonds. The van der Waals surface area contributed by atoms with Crippen molar-refractivity contribution in [2.45, 2.75) is 25.5 Å². The minimum atomic E-state index is -3.65. The van der Waals surface area contributed by atoms with Gasteiger partial charge >= 0.3 is 0 Å². The SMILES string of the molecule is CCCN(c1ccc(N)cc1)S(=O)(=O)C(C)C#N. The van der Waals surface area contributed by atoms with Crippen LogP contribution in [-0.2, 0) is 10.0 Å². The monoisotopic (exact) mass is 267 g/mol. The number of nitrogen functional groups attached to an aromatic ring is 1. The van der Waals surface area contributed by atoms with E-state index in [1.165, 1.54) is 11.2 Å². The zero-order chi connectivity index (χ0) is 13.8. The summed E-state index contributed by atoms with van der Waals surface area (Å²) in [7, 11) is -3.65. The fourth-order valence-electron chi connectivity index (χ4n) is 1.50. The number of anilines is 2. The summed E-state index contributed by atoms with van der Waals surface area (Å²) in [4.78, 5) is 0. The number of benzene rings is 1. The number of sulfonamides is 1. The van der Waals surface area contributed by atoms with Crippen molar-refractivity contribution < 1.29 is 8.42 Å². The predicted molar refractivity (Wildman–Crippen MR) is 72.5 cm³/mol. The third-order valence-corrected chi connectivity index (χ3v) is 4.55. The molecule has 1 aromatic rings. The first-order valence-electron chi connectivity index (χ1n) is 5.70. The molecule has 5 nitrogen and oxygen atoms in total. The molecule has 0 aliphatic carbocycles. The van der Waals surface area contributed by atoms with Crippen LogP contribution in [0.2, 0.25) is 0 Å². The van der Waals surface area contributed by atoms with E-state index < -0.39 is 15.3 Å². The average molecular weight is 267 g/mol. The first-order chi connectivity index (χ1) is 8.43.